The second-order valence-corrected chi connectivity index (χ2v) is 6.76. The van der Waals surface area contributed by atoms with Crippen LogP contribution in [0.3, 0.4) is 0 Å². The standard InChI is InChI=1S/C16H17Cl2NO3/c1-8(2)16(7-12(20)21)15-9(5-6-22-16)13-11(19-15)4-3-10(17)14(13)18/h3-4,8,19H,5-7H2,1-2H3,(H,20,21). The summed E-state index contributed by atoms with van der Waals surface area (Å²) in [7, 11) is 0. The molecular formula is C16H17Cl2NO3. The van der Waals surface area contributed by atoms with Crippen LogP contribution in [0.5, 0.6) is 0 Å². The van der Waals surface area contributed by atoms with Crippen molar-refractivity contribution < 1.29 is 14.6 Å². The topological polar surface area (TPSA) is 62.3 Å². The Labute approximate surface area is 138 Å². The third kappa shape index (κ3) is 2.21. The maximum atomic E-state index is 11.4. The zero-order valence-electron chi connectivity index (χ0n) is 12.4. The van der Waals surface area contributed by atoms with Crippen LogP contribution in [0.15, 0.2) is 12.1 Å². The molecule has 0 bridgehead atoms. The Hall–Kier alpha value is -1.23. The number of H-pyrrole nitrogens is 1. The van der Waals surface area contributed by atoms with Gasteiger partial charge in [0, 0.05) is 10.9 Å². The first kappa shape index (κ1) is 15.7. The van der Waals surface area contributed by atoms with Gasteiger partial charge in [0.1, 0.15) is 5.60 Å². The summed E-state index contributed by atoms with van der Waals surface area (Å²) >= 11 is 12.5. The Bertz CT molecular complexity index is 753. The highest BCUT2D eigenvalue weighted by Gasteiger charge is 2.45. The Morgan fingerprint density at radius 2 is 2.18 bits per heavy atom. The number of aliphatic carboxylic acids is 1. The lowest BCUT2D eigenvalue weighted by atomic mass is 9.80. The lowest BCUT2D eigenvalue weighted by Gasteiger charge is -2.39. The van der Waals surface area contributed by atoms with E-state index >= 15 is 0 Å². The number of aromatic amines is 1. The molecule has 1 aromatic carbocycles. The molecule has 0 saturated heterocycles. The van der Waals surface area contributed by atoms with E-state index < -0.39 is 11.6 Å². The number of hydrogen-bond acceptors (Lipinski definition) is 2. The third-order valence-corrected chi connectivity index (χ3v) is 5.24. The number of benzene rings is 1. The highest BCUT2D eigenvalue weighted by Crippen LogP contribution is 2.46. The maximum absolute atomic E-state index is 11.4. The fraction of sp³-hybridized carbons (Fsp3) is 0.438. The monoisotopic (exact) mass is 341 g/mol. The molecule has 0 aliphatic carbocycles. The minimum absolute atomic E-state index is 0.00459. The van der Waals surface area contributed by atoms with E-state index in [-0.39, 0.29) is 12.3 Å². The molecule has 22 heavy (non-hydrogen) atoms. The summed E-state index contributed by atoms with van der Waals surface area (Å²) in [6, 6.07) is 3.61. The zero-order chi connectivity index (χ0) is 16.1. The minimum Gasteiger partial charge on any atom is -0.481 e. The molecule has 118 valence electrons. The van der Waals surface area contributed by atoms with E-state index in [4.69, 9.17) is 27.9 Å². The van der Waals surface area contributed by atoms with Crippen LogP contribution in [0.1, 0.15) is 31.5 Å². The Balaban J connectivity index is 2.30. The number of carboxylic acids is 1. The molecule has 1 atom stereocenters. The number of aromatic nitrogens is 1. The van der Waals surface area contributed by atoms with Gasteiger partial charge < -0.3 is 14.8 Å². The number of halogens is 2. The maximum Gasteiger partial charge on any atom is 0.306 e. The highest BCUT2D eigenvalue weighted by atomic mass is 35.5. The van der Waals surface area contributed by atoms with Crippen molar-refractivity contribution in [2.24, 2.45) is 5.92 Å². The first-order chi connectivity index (χ1) is 10.4. The van der Waals surface area contributed by atoms with Crippen molar-refractivity contribution in [2.45, 2.75) is 32.3 Å². The first-order valence-corrected chi connectivity index (χ1v) is 7.97. The zero-order valence-corrected chi connectivity index (χ0v) is 13.9. The van der Waals surface area contributed by atoms with E-state index in [0.717, 1.165) is 22.2 Å². The fourth-order valence-electron chi connectivity index (χ4n) is 3.33. The molecule has 1 aliphatic heterocycles. The van der Waals surface area contributed by atoms with Crippen molar-refractivity contribution in [1.29, 1.82) is 0 Å². The van der Waals surface area contributed by atoms with Crippen molar-refractivity contribution >= 4 is 40.1 Å². The van der Waals surface area contributed by atoms with Gasteiger partial charge in [-0.25, -0.2) is 0 Å². The molecular weight excluding hydrogens is 325 g/mol. The molecule has 0 fully saturated rings. The average molecular weight is 342 g/mol. The number of carbonyl (C=O) groups is 1. The van der Waals surface area contributed by atoms with Gasteiger partial charge in [-0.15, -0.1) is 0 Å². The summed E-state index contributed by atoms with van der Waals surface area (Å²) in [6.45, 7) is 4.41. The molecule has 0 spiro atoms. The van der Waals surface area contributed by atoms with E-state index in [1.807, 2.05) is 19.9 Å². The van der Waals surface area contributed by atoms with Gasteiger partial charge in [-0.3, -0.25) is 4.79 Å². The molecule has 2 heterocycles. The van der Waals surface area contributed by atoms with Gasteiger partial charge in [0.25, 0.3) is 0 Å². The quantitative estimate of drug-likeness (QED) is 0.870. The molecule has 2 N–H and O–H groups in total. The molecule has 3 rings (SSSR count). The summed E-state index contributed by atoms with van der Waals surface area (Å²) in [4.78, 5) is 14.7. The van der Waals surface area contributed by atoms with E-state index in [2.05, 4.69) is 4.98 Å². The van der Waals surface area contributed by atoms with Crippen molar-refractivity contribution in [1.82, 2.24) is 4.98 Å². The fourth-order valence-corrected chi connectivity index (χ4v) is 3.76. The predicted molar refractivity (Wildman–Crippen MR) is 86.7 cm³/mol. The van der Waals surface area contributed by atoms with Crippen LogP contribution in [-0.4, -0.2) is 22.7 Å². The van der Waals surface area contributed by atoms with E-state index in [9.17, 15) is 9.90 Å². The second-order valence-electron chi connectivity index (χ2n) is 5.98. The molecule has 0 amide bonds. The van der Waals surface area contributed by atoms with Gasteiger partial charge in [-0.1, -0.05) is 37.0 Å². The van der Waals surface area contributed by atoms with Crippen molar-refractivity contribution in [3.05, 3.63) is 33.4 Å². The van der Waals surface area contributed by atoms with Crippen LogP contribution in [0.4, 0.5) is 0 Å². The van der Waals surface area contributed by atoms with Crippen LogP contribution in [0, 0.1) is 5.92 Å². The van der Waals surface area contributed by atoms with Crippen LogP contribution < -0.4 is 0 Å². The molecule has 1 unspecified atom stereocenters. The Kier molecular flexibility index (Phi) is 3.87. The van der Waals surface area contributed by atoms with Gasteiger partial charge >= 0.3 is 5.97 Å². The molecule has 0 saturated carbocycles. The summed E-state index contributed by atoms with van der Waals surface area (Å²) in [5.74, 6) is -0.880. The van der Waals surface area contributed by atoms with Crippen molar-refractivity contribution in [3.63, 3.8) is 0 Å². The summed E-state index contributed by atoms with van der Waals surface area (Å²) in [5.41, 5.74) is 1.83. The Morgan fingerprint density at radius 3 is 2.82 bits per heavy atom. The van der Waals surface area contributed by atoms with Crippen LogP contribution in [-0.2, 0) is 21.6 Å². The van der Waals surface area contributed by atoms with Crippen LogP contribution in [0.25, 0.3) is 10.9 Å². The molecule has 2 aromatic rings. The molecule has 6 heteroatoms. The highest BCUT2D eigenvalue weighted by molar-refractivity contribution is 6.45. The molecule has 1 aliphatic rings. The number of carboxylic acid groups (broad SMARTS) is 1. The van der Waals surface area contributed by atoms with Crippen LogP contribution >= 0.6 is 23.2 Å². The lowest BCUT2D eigenvalue weighted by molar-refractivity contribution is -0.154. The molecule has 0 radical (unpaired) electrons. The number of rotatable bonds is 3. The second kappa shape index (κ2) is 5.44. The number of ether oxygens (including phenoxy) is 1. The predicted octanol–water partition coefficient (Wildman–Crippen LogP) is 4.37. The van der Waals surface area contributed by atoms with Gasteiger partial charge in [-0.05, 0) is 30.0 Å². The smallest absolute Gasteiger partial charge is 0.306 e. The third-order valence-electron chi connectivity index (χ3n) is 4.44. The van der Waals surface area contributed by atoms with Crippen molar-refractivity contribution in [3.8, 4) is 0 Å². The van der Waals surface area contributed by atoms with E-state index in [1.54, 1.807) is 6.07 Å². The van der Waals surface area contributed by atoms with Gasteiger partial charge in [0.2, 0.25) is 0 Å². The van der Waals surface area contributed by atoms with Gasteiger partial charge in [-0.2, -0.15) is 0 Å². The van der Waals surface area contributed by atoms with Crippen LogP contribution in [0.2, 0.25) is 10.0 Å². The summed E-state index contributed by atoms with van der Waals surface area (Å²) in [5, 5.41) is 11.2. The number of fused-ring (bicyclic) bond motifs is 3. The largest absolute Gasteiger partial charge is 0.481 e. The normalized spacial score (nSPS) is 21.3. The molecule has 4 nitrogen and oxygen atoms in total. The van der Waals surface area contributed by atoms with Crippen molar-refractivity contribution in [2.75, 3.05) is 6.61 Å². The average Bonchev–Trinajstić information content (AvgIpc) is 2.82. The summed E-state index contributed by atoms with van der Waals surface area (Å²) < 4.78 is 5.98. The number of hydrogen-bond donors (Lipinski definition) is 2. The van der Waals surface area contributed by atoms with Gasteiger partial charge in [0.05, 0.1) is 28.8 Å². The first-order valence-electron chi connectivity index (χ1n) is 7.21. The summed E-state index contributed by atoms with van der Waals surface area (Å²) in [6.07, 6.45) is 0.597. The SMILES string of the molecule is CC(C)C1(CC(=O)O)OCCc2c1[nH]c1ccc(Cl)c(Cl)c21. The van der Waals surface area contributed by atoms with E-state index in [1.165, 1.54) is 0 Å². The minimum atomic E-state index is -0.885. The molecule has 1 aromatic heterocycles. The number of nitrogens with one attached hydrogen (secondary N) is 1. The lowest BCUT2D eigenvalue weighted by Crippen LogP contribution is -2.42. The van der Waals surface area contributed by atoms with E-state index in [0.29, 0.717) is 23.1 Å². The Morgan fingerprint density at radius 1 is 1.45 bits per heavy atom. The van der Waals surface area contributed by atoms with Gasteiger partial charge in [0.15, 0.2) is 0 Å².